The number of anilines is 1. The first kappa shape index (κ1) is 15.7. The summed E-state index contributed by atoms with van der Waals surface area (Å²) in [5.74, 6) is 0.498. The quantitative estimate of drug-likeness (QED) is 0.917. The lowest BCUT2D eigenvalue weighted by Gasteiger charge is -2.21. The molecule has 2 aromatic heterocycles. The predicted molar refractivity (Wildman–Crippen MR) is 91.6 cm³/mol. The molecule has 23 heavy (non-hydrogen) atoms. The molecule has 1 aliphatic carbocycles. The van der Waals surface area contributed by atoms with Crippen LogP contribution in [-0.2, 0) is 12.8 Å². The van der Waals surface area contributed by atoms with E-state index in [2.05, 4.69) is 23.3 Å². The predicted octanol–water partition coefficient (Wildman–Crippen LogP) is 4.17. The van der Waals surface area contributed by atoms with Gasteiger partial charge in [-0.15, -0.1) is 11.3 Å². The number of aromatic nitrogens is 1. The van der Waals surface area contributed by atoms with Gasteiger partial charge in [0.1, 0.15) is 11.1 Å². The minimum Gasteiger partial charge on any atom is -0.312 e. The van der Waals surface area contributed by atoms with Gasteiger partial charge < -0.3 is 5.32 Å². The Morgan fingerprint density at radius 1 is 1.57 bits per heavy atom. The number of carbonyl (C=O) groups excluding carboxylic acids is 1. The van der Waals surface area contributed by atoms with Crippen molar-refractivity contribution in [1.29, 1.82) is 5.26 Å². The highest BCUT2D eigenvalue weighted by atomic mass is 32.1. The topological polar surface area (TPSA) is 65.8 Å². The van der Waals surface area contributed by atoms with Gasteiger partial charge in [0.2, 0.25) is 0 Å². The number of nitrogens with zero attached hydrogens (tertiary/aromatic N) is 2. The van der Waals surface area contributed by atoms with E-state index >= 15 is 0 Å². The number of hydrogen-bond acceptors (Lipinski definition) is 4. The van der Waals surface area contributed by atoms with Crippen LogP contribution in [0, 0.1) is 17.2 Å². The van der Waals surface area contributed by atoms with Gasteiger partial charge in [0.25, 0.3) is 5.91 Å². The van der Waals surface area contributed by atoms with Crippen LogP contribution in [0.25, 0.3) is 0 Å². The minimum atomic E-state index is -0.210. The highest BCUT2D eigenvalue weighted by Gasteiger charge is 2.26. The smallest absolute Gasteiger partial charge is 0.257 e. The second-order valence-electron chi connectivity index (χ2n) is 5.91. The van der Waals surface area contributed by atoms with Crippen molar-refractivity contribution in [2.45, 2.75) is 39.0 Å². The Hall–Kier alpha value is -2.19. The second kappa shape index (κ2) is 6.93. The van der Waals surface area contributed by atoms with Gasteiger partial charge in [-0.2, -0.15) is 5.26 Å². The molecule has 118 valence electrons. The van der Waals surface area contributed by atoms with Crippen molar-refractivity contribution in [2.24, 2.45) is 5.92 Å². The number of rotatable bonds is 4. The summed E-state index contributed by atoms with van der Waals surface area (Å²) in [7, 11) is 0. The van der Waals surface area contributed by atoms with Gasteiger partial charge in [-0.05, 0) is 42.9 Å². The van der Waals surface area contributed by atoms with Crippen molar-refractivity contribution in [3.63, 3.8) is 0 Å². The minimum absolute atomic E-state index is 0.210. The number of thiophene rings is 1. The van der Waals surface area contributed by atoms with E-state index in [9.17, 15) is 10.1 Å². The summed E-state index contributed by atoms with van der Waals surface area (Å²) in [4.78, 5) is 17.5. The largest absolute Gasteiger partial charge is 0.312 e. The lowest BCUT2D eigenvalue weighted by molar-refractivity contribution is 0.102. The molecule has 0 fully saturated rings. The average molecular weight is 325 g/mol. The molecule has 5 heteroatoms. The SMILES string of the molecule is CCC[C@H]1CCc2c(sc(NC(=O)c3cccnc3)c2C#N)C1. The first-order chi connectivity index (χ1) is 11.2. The zero-order chi connectivity index (χ0) is 16.2. The maximum absolute atomic E-state index is 12.3. The van der Waals surface area contributed by atoms with Crippen LogP contribution in [0.1, 0.15) is 52.5 Å². The molecular weight excluding hydrogens is 306 g/mol. The molecule has 0 bridgehead atoms. The second-order valence-corrected chi connectivity index (χ2v) is 7.02. The van der Waals surface area contributed by atoms with Crippen LogP contribution >= 0.6 is 11.3 Å². The number of fused-ring (bicyclic) bond motifs is 1. The highest BCUT2D eigenvalue weighted by Crippen LogP contribution is 2.40. The van der Waals surface area contributed by atoms with Crippen molar-refractivity contribution in [3.05, 3.63) is 46.1 Å². The number of nitriles is 1. The molecule has 0 unspecified atom stereocenters. The first-order valence-corrected chi connectivity index (χ1v) is 8.80. The van der Waals surface area contributed by atoms with E-state index in [1.807, 2.05) is 0 Å². The maximum Gasteiger partial charge on any atom is 0.257 e. The normalized spacial score (nSPS) is 16.4. The fourth-order valence-electron chi connectivity index (χ4n) is 3.19. The summed E-state index contributed by atoms with van der Waals surface area (Å²) < 4.78 is 0. The van der Waals surface area contributed by atoms with E-state index < -0.39 is 0 Å². The molecule has 0 aromatic carbocycles. The van der Waals surface area contributed by atoms with Crippen LogP contribution in [0.3, 0.4) is 0 Å². The summed E-state index contributed by atoms with van der Waals surface area (Å²) >= 11 is 1.56. The van der Waals surface area contributed by atoms with Gasteiger partial charge in [-0.1, -0.05) is 19.8 Å². The van der Waals surface area contributed by atoms with Crippen molar-refractivity contribution < 1.29 is 4.79 Å². The molecule has 0 radical (unpaired) electrons. The maximum atomic E-state index is 12.3. The lowest BCUT2D eigenvalue weighted by Crippen LogP contribution is -2.13. The summed E-state index contributed by atoms with van der Waals surface area (Å²) in [5, 5.41) is 13.1. The molecule has 4 nitrogen and oxygen atoms in total. The van der Waals surface area contributed by atoms with E-state index in [0.717, 1.165) is 24.8 Å². The van der Waals surface area contributed by atoms with Crippen LogP contribution in [0.15, 0.2) is 24.5 Å². The third-order valence-electron chi connectivity index (χ3n) is 4.33. The van der Waals surface area contributed by atoms with Gasteiger partial charge in [0.05, 0.1) is 11.1 Å². The Morgan fingerprint density at radius 3 is 3.13 bits per heavy atom. The monoisotopic (exact) mass is 325 g/mol. The number of carbonyl (C=O) groups is 1. The van der Waals surface area contributed by atoms with Crippen LogP contribution in [0.4, 0.5) is 5.00 Å². The molecule has 1 N–H and O–H groups in total. The number of hydrogen-bond donors (Lipinski definition) is 1. The highest BCUT2D eigenvalue weighted by molar-refractivity contribution is 7.16. The van der Waals surface area contributed by atoms with Gasteiger partial charge in [-0.3, -0.25) is 9.78 Å². The van der Waals surface area contributed by atoms with Crippen LogP contribution in [0.2, 0.25) is 0 Å². The van der Waals surface area contributed by atoms with E-state index in [1.165, 1.54) is 23.9 Å². The molecule has 0 spiro atoms. The van der Waals surface area contributed by atoms with Crippen LogP contribution in [-0.4, -0.2) is 10.9 Å². The van der Waals surface area contributed by atoms with Gasteiger partial charge in [0.15, 0.2) is 0 Å². The molecule has 1 amide bonds. The fourth-order valence-corrected chi connectivity index (χ4v) is 4.49. The molecule has 1 aliphatic rings. The molecule has 1 atom stereocenters. The van der Waals surface area contributed by atoms with E-state index in [4.69, 9.17) is 0 Å². The van der Waals surface area contributed by atoms with Gasteiger partial charge >= 0.3 is 0 Å². The zero-order valence-electron chi connectivity index (χ0n) is 13.1. The molecular formula is C18H19N3OS. The first-order valence-electron chi connectivity index (χ1n) is 7.99. The van der Waals surface area contributed by atoms with Crippen LogP contribution in [0.5, 0.6) is 0 Å². The Kier molecular flexibility index (Phi) is 4.73. The van der Waals surface area contributed by atoms with Crippen molar-refractivity contribution in [3.8, 4) is 6.07 Å². The molecule has 0 saturated heterocycles. The summed E-state index contributed by atoms with van der Waals surface area (Å²) in [6.07, 6.45) is 8.72. The summed E-state index contributed by atoms with van der Waals surface area (Å²) in [5.41, 5.74) is 2.30. The molecule has 2 heterocycles. The lowest BCUT2D eigenvalue weighted by atomic mass is 9.85. The number of amides is 1. The Balaban J connectivity index is 1.84. The van der Waals surface area contributed by atoms with Crippen molar-refractivity contribution >= 4 is 22.2 Å². The zero-order valence-corrected chi connectivity index (χ0v) is 13.9. The van der Waals surface area contributed by atoms with Gasteiger partial charge in [-0.25, -0.2) is 0 Å². The van der Waals surface area contributed by atoms with E-state index in [0.29, 0.717) is 22.0 Å². The third kappa shape index (κ3) is 3.27. The van der Waals surface area contributed by atoms with Crippen molar-refractivity contribution in [2.75, 3.05) is 5.32 Å². The number of nitrogens with one attached hydrogen (secondary N) is 1. The molecule has 0 aliphatic heterocycles. The molecule has 3 rings (SSSR count). The summed E-state index contributed by atoms with van der Waals surface area (Å²) in [6.45, 7) is 2.21. The Bertz CT molecular complexity index is 746. The average Bonchev–Trinajstić information content (AvgIpc) is 2.92. The standard InChI is InChI=1S/C18H19N3OS/c1-2-4-12-6-7-14-15(10-19)18(23-16(14)9-12)21-17(22)13-5-3-8-20-11-13/h3,5,8,11-12H,2,4,6-7,9H2,1H3,(H,21,22)/t12-/m0/s1. The fraction of sp³-hybridized carbons (Fsp3) is 0.389. The number of pyridine rings is 1. The van der Waals surface area contributed by atoms with E-state index in [-0.39, 0.29) is 5.91 Å². The van der Waals surface area contributed by atoms with Gasteiger partial charge in [0, 0.05) is 17.3 Å². The van der Waals surface area contributed by atoms with Crippen molar-refractivity contribution in [1.82, 2.24) is 4.98 Å². The van der Waals surface area contributed by atoms with Crippen LogP contribution < -0.4 is 5.32 Å². The summed E-state index contributed by atoms with van der Waals surface area (Å²) in [6, 6.07) is 5.74. The Labute approximate surface area is 140 Å². The molecule has 0 saturated carbocycles. The van der Waals surface area contributed by atoms with E-state index in [1.54, 1.807) is 29.7 Å². The third-order valence-corrected chi connectivity index (χ3v) is 5.50. The molecule has 2 aromatic rings. The Morgan fingerprint density at radius 2 is 2.43 bits per heavy atom.